The number of benzene rings is 1. The molecule has 0 aliphatic heterocycles. The summed E-state index contributed by atoms with van der Waals surface area (Å²) < 4.78 is 25.7. The number of anilines is 2. The van der Waals surface area contributed by atoms with E-state index in [0.717, 1.165) is 0 Å². The summed E-state index contributed by atoms with van der Waals surface area (Å²) >= 11 is 5.85. The van der Waals surface area contributed by atoms with E-state index in [2.05, 4.69) is 10.3 Å². The molecule has 2 aromatic rings. The maximum Gasteiger partial charge on any atom is 0.214 e. The number of aromatic nitrogens is 1. The second kappa shape index (κ2) is 4.45. The lowest BCUT2D eigenvalue weighted by Gasteiger charge is -2.07. The van der Waals surface area contributed by atoms with Gasteiger partial charge in [0.05, 0.1) is 10.7 Å². The molecule has 0 aliphatic rings. The van der Waals surface area contributed by atoms with Gasteiger partial charge in [-0.3, -0.25) is 0 Å². The molecular formula is C11H7ClF2N2. The van der Waals surface area contributed by atoms with Crippen LogP contribution in [0.25, 0.3) is 0 Å². The van der Waals surface area contributed by atoms with Gasteiger partial charge in [-0.2, -0.15) is 4.39 Å². The molecule has 5 heteroatoms. The Kier molecular flexibility index (Phi) is 3.01. The average molecular weight is 241 g/mol. The molecule has 1 heterocycles. The molecule has 0 unspecified atom stereocenters. The Morgan fingerprint density at radius 2 is 1.94 bits per heavy atom. The first kappa shape index (κ1) is 10.8. The fraction of sp³-hybridized carbons (Fsp3) is 0. The number of rotatable bonds is 2. The van der Waals surface area contributed by atoms with Crippen molar-refractivity contribution in [3.05, 3.63) is 53.3 Å². The summed E-state index contributed by atoms with van der Waals surface area (Å²) in [5.41, 5.74) is 0.840. The number of hydrogen-bond donors (Lipinski definition) is 1. The minimum absolute atomic E-state index is 0.360. The zero-order valence-electron chi connectivity index (χ0n) is 8.05. The summed E-state index contributed by atoms with van der Waals surface area (Å²) in [5.74, 6) is -1.03. The Hall–Kier alpha value is -1.68. The van der Waals surface area contributed by atoms with Crippen LogP contribution in [-0.2, 0) is 0 Å². The summed E-state index contributed by atoms with van der Waals surface area (Å²) in [7, 11) is 0. The first-order valence-electron chi connectivity index (χ1n) is 4.49. The standard InChI is InChI=1S/C11H7ClF2N2/c12-9-2-1-7(13)5-10(9)16-8-3-4-15-11(14)6-8/h1-6H,(H,15,16). The topological polar surface area (TPSA) is 24.9 Å². The molecule has 1 aromatic heterocycles. The molecule has 0 saturated heterocycles. The number of hydrogen-bond acceptors (Lipinski definition) is 2. The highest BCUT2D eigenvalue weighted by Gasteiger charge is 2.03. The van der Waals surface area contributed by atoms with Crippen LogP contribution in [0.3, 0.4) is 0 Å². The molecule has 0 radical (unpaired) electrons. The first-order valence-corrected chi connectivity index (χ1v) is 4.86. The van der Waals surface area contributed by atoms with Crippen LogP contribution < -0.4 is 5.32 Å². The summed E-state index contributed by atoms with van der Waals surface area (Å²) in [6.45, 7) is 0. The smallest absolute Gasteiger partial charge is 0.214 e. The van der Waals surface area contributed by atoms with Crippen molar-refractivity contribution in [3.8, 4) is 0 Å². The summed E-state index contributed by atoms with van der Waals surface area (Å²) in [6, 6.07) is 6.67. The van der Waals surface area contributed by atoms with Gasteiger partial charge in [-0.1, -0.05) is 11.6 Å². The fourth-order valence-corrected chi connectivity index (χ4v) is 1.39. The molecule has 1 N–H and O–H groups in total. The number of nitrogens with zero attached hydrogens (tertiary/aromatic N) is 1. The van der Waals surface area contributed by atoms with Crippen molar-refractivity contribution in [1.29, 1.82) is 0 Å². The van der Waals surface area contributed by atoms with Crippen molar-refractivity contribution in [3.63, 3.8) is 0 Å². The van der Waals surface area contributed by atoms with Crippen LogP contribution in [0, 0.1) is 11.8 Å². The van der Waals surface area contributed by atoms with Gasteiger partial charge in [0.2, 0.25) is 5.95 Å². The van der Waals surface area contributed by atoms with Crippen molar-refractivity contribution in [2.24, 2.45) is 0 Å². The minimum atomic E-state index is -0.613. The van der Waals surface area contributed by atoms with E-state index in [4.69, 9.17) is 11.6 Å². The van der Waals surface area contributed by atoms with Crippen LogP contribution in [0.4, 0.5) is 20.2 Å². The Bertz CT molecular complexity index is 517. The van der Waals surface area contributed by atoms with Gasteiger partial charge in [-0.15, -0.1) is 0 Å². The summed E-state index contributed by atoms with van der Waals surface area (Å²) in [6.07, 6.45) is 1.31. The lowest BCUT2D eigenvalue weighted by Crippen LogP contribution is -1.93. The third-order valence-electron chi connectivity index (χ3n) is 1.93. The highest BCUT2D eigenvalue weighted by molar-refractivity contribution is 6.33. The van der Waals surface area contributed by atoms with Gasteiger partial charge in [-0.05, 0) is 24.3 Å². The van der Waals surface area contributed by atoms with Gasteiger partial charge in [0, 0.05) is 18.0 Å². The van der Waals surface area contributed by atoms with E-state index in [-0.39, 0.29) is 0 Å². The van der Waals surface area contributed by atoms with E-state index < -0.39 is 11.8 Å². The molecule has 0 amide bonds. The van der Waals surface area contributed by atoms with Gasteiger partial charge in [-0.25, -0.2) is 9.37 Å². The van der Waals surface area contributed by atoms with Crippen molar-refractivity contribution in [2.45, 2.75) is 0 Å². The number of nitrogens with one attached hydrogen (secondary N) is 1. The molecule has 0 atom stereocenters. The van der Waals surface area contributed by atoms with E-state index >= 15 is 0 Å². The Balaban J connectivity index is 2.30. The molecule has 2 rings (SSSR count). The zero-order valence-corrected chi connectivity index (χ0v) is 8.80. The maximum absolute atomic E-state index is 12.9. The Morgan fingerprint density at radius 1 is 1.12 bits per heavy atom. The predicted molar refractivity (Wildman–Crippen MR) is 58.9 cm³/mol. The van der Waals surface area contributed by atoms with Crippen molar-refractivity contribution < 1.29 is 8.78 Å². The van der Waals surface area contributed by atoms with E-state index in [9.17, 15) is 8.78 Å². The summed E-state index contributed by atoms with van der Waals surface area (Å²) in [5, 5.41) is 3.16. The van der Waals surface area contributed by atoms with Crippen LogP contribution in [0.1, 0.15) is 0 Å². The highest BCUT2D eigenvalue weighted by Crippen LogP contribution is 2.25. The second-order valence-corrected chi connectivity index (χ2v) is 3.52. The van der Waals surface area contributed by atoms with Crippen LogP contribution in [0.15, 0.2) is 36.5 Å². The van der Waals surface area contributed by atoms with Gasteiger partial charge >= 0.3 is 0 Å². The Morgan fingerprint density at radius 3 is 2.69 bits per heavy atom. The van der Waals surface area contributed by atoms with E-state index in [0.29, 0.717) is 16.4 Å². The number of pyridine rings is 1. The molecule has 0 saturated carbocycles. The molecule has 16 heavy (non-hydrogen) atoms. The minimum Gasteiger partial charge on any atom is -0.354 e. The summed E-state index contributed by atoms with van der Waals surface area (Å²) in [4.78, 5) is 3.41. The second-order valence-electron chi connectivity index (χ2n) is 3.12. The monoisotopic (exact) mass is 240 g/mol. The highest BCUT2D eigenvalue weighted by atomic mass is 35.5. The maximum atomic E-state index is 12.9. The van der Waals surface area contributed by atoms with Crippen molar-refractivity contribution in [1.82, 2.24) is 4.98 Å². The Labute approximate surface area is 95.9 Å². The normalized spacial score (nSPS) is 10.2. The quantitative estimate of drug-likeness (QED) is 0.809. The SMILES string of the molecule is Fc1ccc(Cl)c(Nc2ccnc(F)c2)c1. The molecule has 1 aromatic carbocycles. The molecule has 0 spiro atoms. The molecule has 0 bridgehead atoms. The van der Waals surface area contributed by atoms with E-state index in [1.165, 1.54) is 30.5 Å². The van der Waals surface area contributed by atoms with Crippen LogP contribution in [0.2, 0.25) is 5.02 Å². The lowest BCUT2D eigenvalue weighted by molar-refractivity contribution is 0.584. The fourth-order valence-electron chi connectivity index (χ4n) is 1.23. The molecule has 0 fully saturated rings. The predicted octanol–water partition coefficient (Wildman–Crippen LogP) is 3.76. The van der Waals surface area contributed by atoms with Crippen molar-refractivity contribution in [2.75, 3.05) is 5.32 Å². The third kappa shape index (κ3) is 2.46. The molecule has 2 nitrogen and oxygen atoms in total. The average Bonchev–Trinajstić information content (AvgIpc) is 2.24. The third-order valence-corrected chi connectivity index (χ3v) is 2.26. The largest absolute Gasteiger partial charge is 0.354 e. The van der Waals surface area contributed by atoms with Gasteiger partial charge in [0.1, 0.15) is 5.82 Å². The van der Waals surface area contributed by atoms with Gasteiger partial charge in [0.15, 0.2) is 0 Å². The molecular weight excluding hydrogens is 234 g/mol. The van der Waals surface area contributed by atoms with Gasteiger partial charge < -0.3 is 5.32 Å². The molecule has 0 aliphatic carbocycles. The zero-order chi connectivity index (χ0) is 11.5. The van der Waals surface area contributed by atoms with E-state index in [1.54, 1.807) is 6.07 Å². The van der Waals surface area contributed by atoms with Gasteiger partial charge in [0.25, 0.3) is 0 Å². The van der Waals surface area contributed by atoms with Crippen molar-refractivity contribution >= 4 is 23.0 Å². The molecule has 82 valence electrons. The lowest BCUT2D eigenvalue weighted by atomic mass is 10.3. The first-order chi connectivity index (χ1) is 7.65. The van der Waals surface area contributed by atoms with E-state index in [1.807, 2.05) is 0 Å². The number of halogens is 3. The van der Waals surface area contributed by atoms with Crippen LogP contribution >= 0.6 is 11.6 Å². The van der Waals surface area contributed by atoms with Crippen LogP contribution in [-0.4, -0.2) is 4.98 Å². The van der Waals surface area contributed by atoms with Crippen LogP contribution in [0.5, 0.6) is 0 Å².